The largest absolute Gasteiger partial charge is 0.497 e. The molecule has 1 N–H and O–H groups in total. The molecule has 2 aromatic carbocycles. The molecule has 0 heterocycles. The molecule has 2 aromatic rings. The van der Waals surface area contributed by atoms with Gasteiger partial charge in [0.2, 0.25) is 5.91 Å². The lowest BCUT2D eigenvalue weighted by molar-refractivity contribution is -0.116. The van der Waals surface area contributed by atoms with Gasteiger partial charge in [-0.1, -0.05) is 18.2 Å². The summed E-state index contributed by atoms with van der Waals surface area (Å²) < 4.78 is 10.5. The highest BCUT2D eigenvalue weighted by molar-refractivity contribution is 5.92. The average molecular weight is 328 g/mol. The Balaban J connectivity index is 1.96. The first kappa shape index (κ1) is 17.7. The van der Waals surface area contributed by atoms with Crippen LogP contribution in [0.3, 0.4) is 0 Å². The number of nitrogens with one attached hydrogen (secondary N) is 1. The van der Waals surface area contributed by atoms with Crippen LogP contribution >= 0.6 is 0 Å². The van der Waals surface area contributed by atoms with Gasteiger partial charge in [0.1, 0.15) is 11.5 Å². The normalized spacial score (nSPS) is 10.1. The monoisotopic (exact) mass is 328 g/mol. The van der Waals surface area contributed by atoms with Crippen LogP contribution in [0.25, 0.3) is 0 Å². The number of amides is 1. The van der Waals surface area contributed by atoms with Crippen LogP contribution in [0.1, 0.15) is 13.3 Å². The van der Waals surface area contributed by atoms with E-state index in [9.17, 15) is 4.79 Å². The Bertz CT molecular complexity index is 659. The molecule has 0 aliphatic rings. The van der Waals surface area contributed by atoms with Crippen molar-refractivity contribution in [1.29, 1.82) is 0 Å². The zero-order valence-electron chi connectivity index (χ0n) is 14.4. The molecule has 0 atom stereocenters. The van der Waals surface area contributed by atoms with Crippen molar-refractivity contribution in [2.75, 3.05) is 37.5 Å². The number of hydrogen-bond donors (Lipinski definition) is 1. The summed E-state index contributed by atoms with van der Waals surface area (Å²) in [6.07, 6.45) is 0.401. The Morgan fingerprint density at radius 1 is 1.08 bits per heavy atom. The van der Waals surface area contributed by atoms with Crippen LogP contribution in [0.15, 0.2) is 48.5 Å². The fourth-order valence-electron chi connectivity index (χ4n) is 2.46. The summed E-state index contributed by atoms with van der Waals surface area (Å²) in [6, 6.07) is 15.4. The van der Waals surface area contributed by atoms with Crippen molar-refractivity contribution in [1.82, 2.24) is 0 Å². The summed E-state index contributed by atoms with van der Waals surface area (Å²) in [6.45, 7) is 3.59. The third-order valence-electron chi connectivity index (χ3n) is 3.79. The fraction of sp³-hybridized carbons (Fsp3) is 0.316. The lowest BCUT2D eigenvalue weighted by Gasteiger charge is -2.22. The first-order valence-electron chi connectivity index (χ1n) is 7.99. The molecule has 0 radical (unpaired) electrons. The van der Waals surface area contributed by atoms with Crippen molar-refractivity contribution < 1.29 is 14.3 Å². The maximum absolute atomic E-state index is 12.3. The highest BCUT2D eigenvalue weighted by Crippen LogP contribution is 2.29. The van der Waals surface area contributed by atoms with Gasteiger partial charge in [0.25, 0.3) is 0 Å². The minimum atomic E-state index is -0.0483. The first-order valence-corrected chi connectivity index (χ1v) is 7.99. The number of benzene rings is 2. The fourth-order valence-corrected chi connectivity index (χ4v) is 2.46. The predicted molar refractivity (Wildman–Crippen MR) is 97.1 cm³/mol. The van der Waals surface area contributed by atoms with E-state index in [-0.39, 0.29) is 5.91 Å². The molecule has 128 valence electrons. The number of rotatable bonds is 8. The van der Waals surface area contributed by atoms with Crippen LogP contribution in [0.5, 0.6) is 11.5 Å². The van der Waals surface area contributed by atoms with Crippen molar-refractivity contribution in [2.24, 2.45) is 0 Å². The van der Waals surface area contributed by atoms with Crippen LogP contribution in [0.4, 0.5) is 11.4 Å². The molecule has 0 fully saturated rings. The number of para-hydroxylation sites is 1. The van der Waals surface area contributed by atoms with Crippen molar-refractivity contribution in [3.05, 3.63) is 48.5 Å². The van der Waals surface area contributed by atoms with E-state index in [2.05, 4.69) is 17.1 Å². The van der Waals surface area contributed by atoms with Crippen LogP contribution in [-0.2, 0) is 4.79 Å². The van der Waals surface area contributed by atoms with E-state index in [1.54, 1.807) is 32.4 Å². The third kappa shape index (κ3) is 4.65. The molecule has 0 aliphatic heterocycles. The third-order valence-corrected chi connectivity index (χ3v) is 3.79. The van der Waals surface area contributed by atoms with E-state index in [1.807, 2.05) is 30.3 Å². The molecule has 2 rings (SSSR count). The number of ether oxygens (including phenoxy) is 2. The van der Waals surface area contributed by atoms with Crippen LogP contribution in [-0.4, -0.2) is 33.2 Å². The van der Waals surface area contributed by atoms with E-state index in [1.165, 1.54) is 0 Å². The minimum absolute atomic E-state index is 0.0483. The standard InChI is InChI=1S/C19H24N2O3/c1-4-21(15-8-6-5-7-9-15)13-12-19(22)20-17-11-10-16(23-2)14-18(17)24-3/h5-11,14H,4,12-13H2,1-3H3,(H,20,22). The smallest absolute Gasteiger partial charge is 0.226 e. The zero-order chi connectivity index (χ0) is 17.4. The molecule has 1 amide bonds. The van der Waals surface area contributed by atoms with Gasteiger partial charge in [0.05, 0.1) is 19.9 Å². The molecule has 0 bridgehead atoms. The number of carbonyl (C=O) groups is 1. The molecule has 0 unspecified atom stereocenters. The van der Waals surface area contributed by atoms with Crippen LogP contribution in [0, 0.1) is 0 Å². The summed E-state index contributed by atoms with van der Waals surface area (Å²) in [4.78, 5) is 14.4. The second kappa shape index (κ2) is 8.82. The number of hydrogen-bond acceptors (Lipinski definition) is 4. The molecule has 5 heteroatoms. The average Bonchev–Trinajstić information content (AvgIpc) is 2.63. The Morgan fingerprint density at radius 2 is 1.83 bits per heavy atom. The molecule has 0 aliphatic carbocycles. The van der Waals surface area contributed by atoms with E-state index >= 15 is 0 Å². The molecular weight excluding hydrogens is 304 g/mol. The van der Waals surface area contributed by atoms with Gasteiger partial charge in [-0.15, -0.1) is 0 Å². The van der Waals surface area contributed by atoms with E-state index in [0.29, 0.717) is 30.2 Å². The highest BCUT2D eigenvalue weighted by Gasteiger charge is 2.11. The molecule has 0 saturated carbocycles. The Hall–Kier alpha value is -2.69. The molecule has 0 spiro atoms. The molecule has 0 aromatic heterocycles. The summed E-state index contributed by atoms with van der Waals surface area (Å²) in [7, 11) is 3.16. The molecule has 0 saturated heterocycles. The molecule has 5 nitrogen and oxygen atoms in total. The maximum Gasteiger partial charge on any atom is 0.226 e. The second-order valence-electron chi connectivity index (χ2n) is 5.28. The van der Waals surface area contributed by atoms with Gasteiger partial charge in [0, 0.05) is 31.3 Å². The summed E-state index contributed by atoms with van der Waals surface area (Å²) in [5.74, 6) is 1.22. The van der Waals surface area contributed by atoms with Gasteiger partial charge in [0.15, 0.2) is 0 Å². The van der Waals surface area contributed by atoms with Crippen molar-refractivity contribution >= 4 is 17.3 Å². The summed E-state index contributed by atoms with van der Waals surface area (Å²) in [5.41, 5.74) is 1.76. The quantitative estimate of drug-likeness (QED) is 0.805. The van der Waals surface area contributed by atoms with Gasteiger partial charge in [-0.2, -0.15) is 0 Å². The van der Waals surface area contributed by atoms with E-state index in [0.717, 1.165) is 12.2 Å². The number of carbonyl (C=O) groups excluding carboxylic acids is 1. The van der Waals surface area contributed by atoms with E-state index in [4.69, 9.17) is 9.47 Å². The van der Waals surface area contributed by atoms with Gasteiger partial charge in [-0.3, -0.25) is 4.79 Å². The molecular formula is C19H24N2O3. The Morgan fingerprint density at radius 3 is 2.46 bits per heavy atom. The zero-order valence-corrected chi connectivity index (χ0v) is 14.4. The number of nitrogens with zero attached hydrogens (tertiary/aromatic N) is 1. The summed E-state index contributed by atoms with van der Waals surface area (Å²) in [5, 5.41) is 2.90. The predicted octanol–water partition coefficient (Wildman–Crippen LogP) is 3.56. The maximum atomic E-state index is 12.3. The highest BCUT2D eigenvalue weighted by atomic mass is 16.5. The van der Waals surface area contributed by atoms with Crippen molar-refractivity contribution in [3.8, 4) is 11.5 Å². The lowest BCUT2D eigenvalue weighted by atomic mass is 10.2. The number of methoxy groups -OCH3 is 2. The van der Waals surface area contributed by atoms with Gasteiger partial charge in [-0.05, 0) is 31.2 Å². The Labute approximate surface area is 143 Å². The minimum Gasteiger partial charge on any atom is -0.497 e. The van der Waals surface area contributed by atoms with Crippen molar-refractivity contribution in [2.45, 2.75) is 13.3 Å². The molecule has 24 heavy (non-hydrogen) atoms. The second-order valence-corrected chi connectivity index (χ2v) is 5.28. The topological polar surface area (TPSA) is 50.8 Å². The van der Waals surface area contributed by atoms with Gasteiger partial charge < -0.3 is 19.7 Å². The van der Waals surface area contributed by atoms with Gasteiger partial charge in [-0.25, -0.2) is 0 Å². The van der Waals surface area contributed by atoms with Gasteiger partial charge >= 0.3 is 0 Å². The van der Waals surface area contributed by atoms with Crippen LogP contribution < -0.4 is 19.7 Å². The van der Waals surface area contributed by atoms with E-state index < -0.39 is 0 Å². The first-order chi connectivity index (χ1) is 11.7. The number of anilines is 2. The Kier molecular flexibility index (Phi) is 6.49. The lowest BCUT2D eigenvalue weighted by Crippen LogP contribution is -2.27. The summed E-state index contributed by atoms with van der Waals surface area (Å²) >= 11 is 0. The van der Waals surface area contributed by atoms with Crippen LogP contribution in [0.2, 0.25) is 0 Å². The van der Waals surface area contributed by atoms with Crippen molar-refractivity contribution in [3.63, 3.8) is 0 Å². The SMILES string of the molecule is CCN(CCC(=O)Nc1ccc(OC)cc1OC)c1ccccc1.